The van der Waals surface area contributed by atoms with E-state index in [-0.39, 0.29) is 24.9 Å². The van der Waals surface area contributed by atoms with E-state index < -0.39 is 0 Å². The number of benzene rings is 2. The van der Waals surface area contributed by atoms with Gasteiger partial charge in [0.1, 0.15) is 0 Å². The molecule has 0 saturated heterocycles. The molecular weight excluding hydrogens is 346 g/mol. The molecule has 0 saturated carbocycles. The summed E-state index contributed by atoms with van der Waals surface area (Å²) in [4.78, 5) is 27.2. The third-order valence-electron chi connectivity index (χ3n) is 3.93. The summed E-state index contributed by atoms with van der Waals surface area (Å²) in [6.45, 7) is 4.21. The van der Waals surface area contributed by atoms with Crippen molar-refractivity contribution in [1.82, 2.24) is 4.90 Å². The van der Waals surface area contributed by atoms with E-state index in [2.05, 4.69) is 10.6 Å². The zero-order valence-electron chi connectivity index (χ0n) is 15.6. The third kappa shape index (κ3) is 5.89. The largest absolute Gasteiger partial charge is 0.325 e. The van der Waals surface area contributed by atoms with E-state index in [4.69, 9.17) is 0 Å². The Balaban J connectivity index is 1.86. The number of thioether (sulfide) groups is 1. The minimum atomic E-state index is -0.148. The molecule has 0 aliphatic carbocycles. The Hall–Kier alpha value is -2.31. The highest BCUT2D eigenvalue weighted by molar-refractivity contribution is 7.98. The quantitative estimate of drug-likeness (QED) is 0.731. The highest BCUT2D eigenvalue weighted by Crippen LogP contribution is 2.20. The van der Waals surface area contributed by atoms with E-state index in [1.165, 1.54) is 0 Å². The molecular formula is C20H25N3O2S. The van der Waals surface area contributed by atoms with Gasteiger partial charge in [0, 0.05) is 16.3 Å². The SMILES string of the molecule is CSc1cccc(NC(=O)CN(C)CC(=O)Nc2c(C)cccc2C)c1. The zero-order chi connectivity index (χ0) is 19.1. The number of carbonyl (C=O) groups is 2. The minimum Gasteiger partial charge on any atom is -0.325 e. The molecule has 0 aliphatic rings. The van der Waals surface area contributed by atoms with Crippen molar-refractivity contribution in [2.45, 2.75) is 18.7 Å². The second-order valence-electron chi connectivity index (χ2n) is 6.27. The van der Waals surface area contributed by atoms with Gasteiger partial charge in [0.25, 0.3) is 0 Å². The Bertz CT molecular complexity index is 772. The van der Waals surface area contributed by atoms with Gasteiger partial charge in [-0.15, -0.1) is 11.8 Å². The Kier molecular flexibility index (Phi) is 7.24. The van der Waals surface area contributed by atoms with E-state index in [9.17, 15) is 9.59 Å². The first-order valence-electron chi connectivity index (χ1n) is 8.37. The van der Waals surface area contributed by atoms with E-state index in [1.807, 2.05) is 62.6 Å². The van der Waals surface area contributed by atoms with Crippen LogP contribution >= 0.6 is 11.8 Å². The molecule has 0 radical (unpaired) electrons. The van der Waals surface area contributed by atoms with Crippen LogP contribution in [0.15, 0.2) is 47.4 Å². The number of anilines is 2. The van der Waals surface area contributed by atoms with E-state index in [0.717, 1.165) is 27.4 Å². The van der Waals surface area contributed by atoms with Crippen LogP contribution in [0.5, 0.6) is 0 Å². The van der Waals surface area contributed by atoms with Crippen molar-refractivity contribution in [3.05, 3.63) is 53.6 Å². The van der Waals surface area contributed by atoms with Crippen molar-refractivity contribution in [3.8, 4) is 0 Å². The van der Waals surface area contributed by atoms with E-state index in [0.29, 0.717) is 0 Å². The maximum absolute atomic E-state index is 12.3. The van der Waals surface area contributed by atoms with Gasteiger partial charge in [-0.3, -0.25) is 14.5 Å². The number of aryl methyl sites for hydroxylation is 2. The van der Waals surface area contributed by atoms with Gasteiger partial charge in [-0.05, 0) is 56.5 Å². The predicted molar refractivity (Wildman–Crippen MR) is 109 cm³/mol. The van der Waals surface area contributed by atoms with Gasteiger partial charge >= 0.3 is 0 Å². The highest BCUT2D eigenvalue weighted by Gasteiger charge is 2.13. The maximum atomic E-state index is 12.3. The molecule has 26 heavy (non-hydrogen) atoms. The lowest BCUT2D eigenvalue weighted by molar-refractivity contribution is -0.119. The monoisotopic (exact) mass is 371 g/mol. The number of nitrogens with zero attached hydrogens (tertiary/aromatic N) is 1. The van der Waals surface area contributed by atoms with Crippen molar-refractivity contribution in [2.75, 3.05) is 37.0 Å². The Morgan fingerprint density at radius 2 is 1.54 bits per heavy atom. The molecule has 0 spiro atoms. The summed E-state index contributed by atoms with van der Waals surface area (Å²) in [7, 11) is 1.75. The molecule has 0 aliphatic heterocycles. The molecule has 0 fully saturated rings. The molecule has 2 N–H and O–H groups in total. The first kappa shape index (κ1) is 20.0. The number of hydrogen-bond donors (Lipinski definition) is 2. The number of amides is 2. The predicted octanol–water partition coefficient (Wildman–Crippen LogP) is 3.53. The fraction of sp³-hybridized carbons (Fsp3) is 0.300. The number of hydrogen-bond acceptors (Lipinski definition) is 4. The molecule has 2 amide bonds. The molecule has 0 atom stereocenters. The first-order valence-corrected chi connectivity index (χ1v) is 9.60. The van der Waals surface area contributed by atoms with Crippen molar-refractivity contribution in [1.29, 1.82) is 0 Å². The molecule has 2 aromatic rings. The average Bonchev–Trinajstić information content (AvgIpc) is 2.58. The molecule has 0 aromatic heterocycles. The number of likely N-dealkylation sites (N-methyl/N-ethyl adjacent to an activating group) is 1. The van der Waals surface area contributed by atoms with Gasteiger partial charge in [0.15, 0.2) is 0 Å². The zero-order valence-corrected chi connectivity index (χ0v) is 16.4. The summed E-state index contributed by atoms with van der Waals surface area (Å²) in [5.41, 5.74) is 3.64. The lowest BCUT2D eigenvalue weighted by Gasteiger charge is -2.17. The normalized spacial score (nSPS) is 10.7. The summed E-state index contributed by atoms with van der Waals surface area (Å²) < 4.78 is 0. The van der Waals surface area contributed by atoms with Crippen molar-refractivity contribution in [2.24, 2.45) is 0 Å². The highest BCUT2D eigenvalue weighted by atomic mass is 32.2. The molecule has 2 rings (SSSR count). The van der Waals surface area contributed by atoms with Crippen LogP contribution in [0.1, 0.15) is 11.1 Å². The van der Waals surface area contributed by atoms with Gasteiger partial charge in [-0.1, -0.05) is 24.3 Å². The maximum Gasteiger partial charge on any atom is 0.238 e. The fourth-order valence-electron chi connectivity index (χ4n) is 2.64. The van der Waals surface area contributed by atoms with Crippen LogP contribution < -0.4 is 10.6 Å². The Morgan fingerprint density at radius 1 is 0.962 bits per heavy atom. The second-order valence-corrected chi connectivity index (χ2v) is 7.15. The van der Waals surface area contributed by atoms with Crippen LogP contribution in [0.25, 0.3) is 0 Å². The molecule has 5 nitrogen and oxygen atoms in total. The lowest BCUT2D eigenvalue weighted by atomic mass is 10.1. The van der Waals surface area contributed by atoms with Crippen molar-refractivity contribution >= 4 is 35.0 Å². The average molecular weight is 372 g/mol. The van der Waals surface area contributed by atoms with Gasteiger partial charge in [0.2, 0.25) is 11.8 Å². The molecule has 0 heterocycles. The second kappa shape index (κ2) is 9.40. The Labute approximate surface area is 159 Å². The van der Waals surface area contributed by atoms with Gasteiger partial charge in [-0.2, -0.15) is 0 Å². The number of rotatable bonds is 7. The first-order chi connectivity index (χ1) is 12.4. The van der Waals surface area contributed by atoms with Crippen LogP contribution in [0, 0.1) is 13.8 Å². The third-order valence-corrected chi connectivity index (χ3v) is 4.65. The summed E-state index contributed by atoms with van der Waals surface area (Å²) in [6, 6.07) is 13.6. The lowest BCUT2D eigenvalue weighted by Crippen LogP contribution is -2.36. The van der Waals surface area contributed by atoms with Gasteiger partial charge in [-0.25, -0.2) is 0 Å². The topological polar surface area (TPSA) is 61.4 Å². The van der Waals surface area contributed by atoms with Crippen LogP contribution in [0.2, 0.25) is 0 Å². The Morgan fingerprint density at radius 3 is 2.15 bits per heavy atom. The number of nitrogens with one attached hydrogen (secondary N) is 2. The molecule has 0 unspecified atom stereocenters. The summed E-state index contributed by atoms with van der Waals surface area (Å²) in [6.07, 6.45) is 1.99. The van der Waals surface area contributed by atoms with Crippen molar-refractivity contribution in [3.63, 3.8) is 0 Å². The number of carbonyl (C=O) groups excluding carboxylic acids is 2. The van der Waals surface area contributed by atoms with Crippen LogP contribution in [-0.2, 0) is 9.59 Å². The summed E-state index contributed by atoms with van der Waals surface area (Å²) >= 11 is 1.62. The van der Waals surface area contributed by atoms with E-state index in [1.54, 1.807) is 23.7 Å². The molecule has 2 aromatic carbocycles. The number of para-hydroxylation sites is 1. The van der Waals surface area contributed by atoms with Crippen molar-refractivity contribution < 1.29 is 9.59 Å². The fourth-order valence-corrected chi connectivity index (χ4v) is 3.10. The molecule has 138 valence electrons. The molecule has 6 heteroatoms. The summed E-state index contributed by atoms with van der Waals surface area (Å²) in [5.74, 6) is -0.285. The smallest absolute Gasteiger partial charge is 0.238 e. The molecule has 0 bridgehead atoms. The van der Waals surface area contributed by atoms with Crippen LogP contribution in [0.3, 0.4) is 0 Å². The van der Waals surface area contributed by atoms with Gasteiger partial charge in [0.05, 0.1) is 13.1 Å². The van der Waals surface area contributed by atoms with Gasteiger partial charge < -0.3 is 10.6 Å². The van der Waals surface area contributed by atoms with Crippen LogP contribution in [-0.4, -0.2) is 43.1 Å². The van der Waals surface area contributed by atoms with E-state index >= 15 is 0 Å². The minimum absolute atomic E-state index is 0.137. The van der Waals surface area contributed by atoms with Crippen LogP contribution in [0.4, 0.5) is 11.4 Å². The standard InChI is InChI=1S/C20H25N3O2S/c1-14-7-5-8-15(2)20(14)22-19(25)13-23(3)12-18(24)21-16-9-6-10-17(11-16)26-4/h5-11H,12-13H2,1-4H3,(H,21,24)(H,22,25). The summed E-state index contributed by atoms with van der Waals surface area (Å²) in [5, 5.41) is 5.80.